The van der Waals surface area contributed by atoms with Gasteiger partial charge in [0, 0.05) is 17.4 Å². The van der Waals surface area contributed by atoms with Crippen LogP contribution in [0.2, 0.25) is 0 Å². The van der Waals surface area contributed by atoms with E-state index in [4.69, 9.17) is 5.73 Å². The van der Waals surface area contributed by atoms with Crippen LogP contribution in [0.5, 0.6) is 0 Å². The maximum absolute atomic E-state index is 13.2. The van der Waals surface area contributed by atoms with E-state index >= 15 is 0 Å². The molecule has 0 radical (unpaired) electrons. The van der Waals surface area contributed by atoms with Crippen LogP contribution >= 0.6 is 15.9 Å². The highest BCUT2D eigenvalue weighted by molar-refractivity contribution is 9.10. The fourth-order valence-corrected chi connectivity index (χ4v) is 2.14. The third kappa shape index (κ3) is 3.53. The van der Waals surface area contributed by atoms with E-state index in [0.717, 1.165) is 12.2 Å². The Kier molecular flexibility index (Phi) is 4.67. The first kappa shape index (κ1) is 14.4. The SMILES string of the molecule is Nc1cc(C(=O)NCCCc2ncn[nH]2)c(Br)cc1F. The van der Waals surface area contributed by atoms with Crippen LogP contribution in [0.3, 0.4) is 0 Å². The molecular weight excluding hydrogens is 329 g/mol. The molecule has 0 spiro atoms. The highest BCUT2D eigenvalue weighted by atomic mass is 79.9. The molecule has 20 heavy (non-hydrogen) atoms. The topological polar surface area (TPSA) is 96.7 Å². The molecule has 2 rings (SSSR count). The number of rotatable bonds is 5. The standard InChI is InChI=1S/C12H13BrFN5O/c13-8-5-9(14)10(15)4-7(8)12(20)16-3-1-2-11-17-6-18-19-11/h4-6H,1-3,15H2,(H,16,20)(H,17,18,19). The number of nitrogen functional groups attached to an aromatic ring is 1. The first-order chi connectivity index (χ1) is 9.58. The van der Waals surface area contributed by atoms with Crippen LogP contribution in [-0.4, -0.2) is 27.6 Å². The zero-order valence-corrected chi connectivity index (χ0v) is 12.1. The van der Waals surface area contributed by atoms with Crippen molar-refractivity contribution in [1.82, 2.24) is 20.5 Å². The number of aryl methyl sites for hydroxylation is 1. The van der Waals surface area contributed by atoms with Crippen LogP contribution in [0.25, 0.3) is 0 Å². The maximum Gasteiger partial charge on any atom is 0.252 e. The van der Waals surface area contributed by atoms with Gasteiger partial charge < -0.3 is 11.1 Å². The molecule has 0 aliphatic heterocycles. The summed E-state index contributed by atoms with van der Waals surface area (Å²) in [5, 5.41) is 9.21. The molecule has 0 bridgehead atoms. The number of hydrogen-bond donors (Lipinski definition) is 3. The molecule has 0 aliphatic rings. The number of nitrogens with zero attached hydrogens (tertiary/aromatic N) is 2. The summed E-state index contributed by atoms with van der Waals surface area (Å²) in [7, 11) is 0. The van der Waals surface area contributed by atoms with Crippen molar-refractivity contribution in [2.24, 2.45) is 0 Å². The third-order valence-electron chi connectivity index (χ3n) is 2.67. The molecule has 0 saturated heterocycles. The van der Waals surface area contributed by atoms with Crippen molar-refractivity contribution in [2.75, 3.05) is 12.3 Å². The van der Waals surface area contributed by atoms with Crippen molar-refractivity contribution in [1.29, 1.82) is 0 Å². The molecular formula is C12H13BrFN5O. The average molecular weight is 342 g/mol. The largest absolute Gasteiger partial charge is 0.396 e. The zero-order chi connectivity index (χ0) is 14.5. The van der Waals surface area contributed by atoms with E-state index in [1.807, 2.05) is 0 Å². The lowest BCUT2D eigenvalue weighted by Gasteiger charge is -2.08. The van der Waals surface area contributed by atoms with Crippen molar-refractivity contribution < 1.29 is 9.18 Å². The lowest BCUT2D eigenvalue weighted by Crippen LogP contribution is -2.25. The van der Waals surface area contributed by atoms with E-state index in [-0.39, 0.29) is 11.6 Å². The number of amides is 1. The predicted octanol–water partition coefficient (Wildman–Crippen LogP) is 1.65. The van der Waals surface area contributed by atoms with Crippen LogP contribution in [-0.2, 0) is 6.42 Å². The molecule has 1 aromatic heterocycles. The summed E-state index contributed by atoms with van der Waals surface area (Å²) >= 11 is 3.14. The second-order valence-electron chi connectivity index (χ2n) is 4.15. The third-order valence-corrected chi connectivity index (χ3v) is 3.33. The van der Waals surface area contributed by atoms with Crippen LogP contribution in [0.1, 0.15) is 22.6 Å². The Bertz CT molecular complexity index is 602. The smallest absolute Gasteiger partial charge is 0.252 e. The van der Waals surface area contributed by atoms with E-state index in [2.05, 4.69) is 36.4 Å². The normalized spacial score (nSPS) is 10.5. The summed E-state index contributed by atoms with van der Waals surface area (Å²) in [4.78, 5) is 15.9. The second kappa shape index (κ2) is 6.47. The van der Waals surface area contributed by atoms with Gasteiger partial charge in [-0.2, -0.15) is 5.10 Å². The minimum atomic E-state index is -0.557. The Labute approximate surface area is 123 Å². The van der Waals surface area contributed by atoms with Gasteiger partial charge in [0.05, 0.1) is 11.3 Å². The molecule has 2 aromatic rings. The van der Waals surface area contributed by atoms with E-state index in [1.165, 1.54) is 18.5 Å². The van der Waals surface area contributed by atoms with Crippen molar-refractivity contribution in [3.05, 3.63) is 40.1 Å². The van der Waals surface area contributed by atoms with Gasteiger partial charge in [0.1, 0.15) is 18.0 Å². The molecule has 0 atom stereocenters. The van der Waals surface area contributed by atoms with Crippen LogP contribution in [0, 0.1) is 5.82 Å². The van der Waals surface area contributed by atoms with Gasteiger partial charge in [-0.3, -0.25) is 9.89 Å². The number of carbonyl (C=O) groups is 1. The fraction of sp³-hybridized carbons (Fsp3) is 0.250. The number of nitrogens with one attached hydrogen (secondary N) is 2. The molecule has 1 heterocycles. The van der Waals surface area contributed by atoms with Gasteiger partial charge in [0.2, 0.25) is 0 Å². The average Bonchev–Trinajstić information content (AvgIpc) is 2.92. The summed E-state index contributed by atoms with van der Waals surface area (Å²) in [5.74, 6) is -0.0913. The van der Waals surface area contributed by atoms with E-state index in [9.17, 15) is 9.18 Å². The Morgan fingerprint density at radius 2 is 2.30 bits per heavy atom. The molecule has 6 nitrogen and oxygen atoms in total. The number of anilines is 1. The van der Waals surface area contributed by atoms with Crippen molar-refractivity contribution >= 4 is 27.5 Å². The first-order valence-corrected chi connectivity index (χ1v) is 6.74. The number of aromatic amines is 1. The van der Waals surface area contributed by atoms with E-state index < -0.39 is 5.82 Å². The molecule has 0 unspecified atom stereocenters. The molecule has 0 saturated carbocycles. The number of benzene rings is 1. The van der Waals surface area contributed by atoms with Crippen LogP contribution in [0.15, 0.2) is 22.9 Å². The van der Waals surface area contributed by atoms with Crippen molar-refractivity contribution in [3.8, 4) is 0 Å². The van der Waals surface area contributed by atoms with Gasteiger partial charge in [0.25, 0.3) is 5.91 Å². The van der Waals surface area contributed by atoms with Gasteiger partial charge >= 0.3 is 0 Å². The van der Waals surface area contributed by atoms with Crippen molar-refractivity contribution in [3.63, 3.8) is 0 Å². The van der Waals surface area contributed by atoms with Gasteiger partial charge in [-0.1, -0.05) is 0 Å². The fourth-order valence-electron chi connectivity index (χ4n) is 1.64. The summed E-state index contributed by atoms with van der Waals surface area (Å²) in [5.41, 5.74) is 5.70. The first-order valence-electron chi connectivity index (χ1n) is 5.95. The lowest BCUT2D eigenvalue weighted by atomic mass is 10.2. The number of halogens is 2. The monoisotopic (exact) mass is 341 g/mol. The van der Waals surface area contributed by atoms with E-state index in [0.29, 0.717) is 23.0 Å². The predicted molar refractivity (Wildman–Crippen MR) is 75.5 cm³/mol. The summed E-state index contributed by atoms with van der Waals surface area (Å²) in [6.07, 6.45) is 2.84. The Hall–Kier alpha value is -1.96. The summed E-state index contributed by atoms with van der Waals surface area (Å²) < 4.78 is 13.6. The van der Waals surface area contributed by atoms with E-state index in [1.54, 1.807) is 0 Å². The minimum Gasteiger partial charge on any atom is -0.396 e. The molecule has 0 aliphatic carbocycles. The molecule has 8 heteroatoms. The molecule has 4 N–H and O–H groups in total. The van der Waals surface area contributed by atoms with Crippen LogP contribution < -0.4 is 11.1 Å². The number of aromatic nitrogens is 3. The summed E-state index contributed by atoms with van der Waals surface area (Å²) in [6.45, 7) is 0.475. The lowest BCUT2D eigenvalue weighted by molar-refractivity contribution is 0.0952. The Morgan fingerprint density at radius 3 is 3.00 bits per heavy atom. The Morgan fingerprint density at radius 1 is 1.50 bits per heavy atom. The number of H-pyrrole nitrogens is 1. The minimum absolute atomic E-state index is 0.0555. The summed E-state index contributed by atoms with van der Waals surface area (Å²) in [6, 6.07) is 2.49. The maximum atomic E-state index is 13.2. The van der Waals surface area contributed by atoms with Crippen molar-refractivity contribution in [2.45, 2.75) is 12.8 Å². The van der Waals surface area contributed by atoms with Crippen LogP contribution in [0.4, 0.5) is 10.1 Å². The number of carbonyl (C=O) groups excluding carboxylic acids is 1. The number of nitrogens with two attached hydrogens (primary N) is 1. The van der Waals surface area contributed by atoms with Gasteiger partial charge in [-0.05, 0) is 34.5 Å². The highest BCUT2D eigenvalue weighted by Gasteiger charge is 2.12. The van der Waals surface area contributed by atoms with Gasteiger partial charge in [0.15, 0.2) is 0 Å². The number of hydrogen-bond acceptors (Lipinski definition) is 4. The molecule has 106 valence electrons. The van der Waals surface area contributed by atoms with Gasteiger partial charge in [-0.25, -0.2) is 9.37 Å². The second-order valence-corrected chi connectivity index (χ2v) is 5.00. The molecule has 0 fully saturated rings. The zero-order valence-electron chi connectivity index (χ0n) is 10.5. The Balaban J connectivity index is 1.87. The quantitative estimate of drug-likeness (QED) is 0.569. The van der Waals surface area contributed by atoms with Gasteiger partial charge in [-0.15, -0.1) is 0 Å². The molecule has 1 amide bonds. The molecule has 1 aromatic carbocycles. The highest BCUT2D eigenvalue weighted by Crippen LogP contribution is 2.22.